The van der Waals surface area contributed by atoms with E-state index in [4.69, 9.17) is 0 Å². The van der Waals surface area contributed by atoms with Crippen molar-refractivity contribution in [1.29, 1.82) is 0 Å². The molecule has 0 saturated heterocycles. The van der Waals surface area contributed by atoms with E-state index in [9.17, 15) is 0 Å². The van der Waals surface area contributed by atoms with Gasteiger partial charge in [-0.15, -0.1) is 0 Å². The third kappa shape index (κ3) is 1.20. The van der Waals surface area contributed by atoms with Crippen molar-refractivity contribution in [3.05, 3.63) is 0 Å². The van der Waals surface area contributed by atoms with Gasteiger partial charge < -0.3 is 0 Å². The molecular formula is C12H22. The second-order valence-corrected chi connectivity index (χ2v) is 6.09. The van der Waals surface area contributed by atoms with Gasteiger partial charge in [-0.05, 0) is 48.3 Å². The first kappa shape index (κ1) is 8.59. The second-order valence-electron chi connectivity index (χ2n) is 6.09. The van der Waals surface area contributed by atoms with Crippen LogP contribution in [0.2, 0.25) is 0 Å². The second kappa shape index (κ2) is 2.49. The van der Waals surface area contributed by atoms with E-state index in [-0.39, 0.29) is 0 Å². The lowest BCUT2D eigenvalue weighted by Gasteiger charge is -2.20. The van der Waals surface area contributed by atoms with Gasteiger partial charge in [-0.3, -0.25) is 0 Å². The largest absolute Gasteiger partial charge is 0.0622 e. The Kier molecular flexibility index (Phi) is 1.79. The monoisotopic (exact) mass is 166 g/mol. The topological polar surface area (TPSA) is 0 Å². The van der Waals surface area contributed by atoms with E-state index in [1.165, 1.54) is 19.3 Å². The molecule has 0 heteroatoms. The number of rotatable bonds is 0. The summed E-state index contributed by atoms with van der Waals surface area (Å²) in [7, 11) is 0. The Morgan fingerprint density at radius 3 is 1.75 bits per heavy atom. The molecule has 0 spiro atoms. The summed E-state index contributed by atoms with van der Waals surface area (Å²) in [5.41, 5.74) is 0.651. The number of hydrogen-bond donors (Lipinski definition) is 0. The van der Waals surface area contributed by atoms with Gasteiger partial charge in [0.2, 0.25) is 0 Å². The van der Waals surface area contributed by atoms with Crippen LogP contribution >= 0.6 is 0 Å². The molecule has 12 heavy (non-hydrogen) atoms. The Labute approximate surface area is 76.7 Å². The average molecular weight is 166 g/mol. The molecule has 70 valence electrons. The molecule has 2 rings (SSSR count). The van der Waals surface area contributed by atoms with Crippen molar-refractivity contribution in [2.24, 2.45) is 29.1 Å². The zero-order valence-electron chi connectivity index (χ0n) is 8.93. The van der Waals surface area contributed by atoms with Crippen molar-refractivity contribution in [2.75, 3.05) is 0 Å². The number of hydrogen-bond acceptors (Lipinski definition) is 0. The molecule has 0 N–H and O–H groups in total. The van der Waals surface area contributed by atoms with Crippen molar-refractivity contribution in [2.45, 2.75) is 47.0 Å². The summed E-state index contributed by atoms with van der Waals surface area (Å²) in [6, 6.07) is 0. The molecule has 0 aliphatic heterocycles. The van der Waals surface area contributed by atoms with E-state index in [2.05, 4.69) is 27.7 Å². The molecule has 0 bridgehead atoms. The highest BCUT2D eigenvalue weighted by molar-refractivity contribution is 4.97. The first-order valence-electron chi connectivity index (χ1n) is 5.49. The maximum Gasteiger partial charge on any atom is -0.0349 e. The van der Waals surface area contributed by atoms with Crippen molar-refractivity contribution in [1.82, 2.24) is 0 Å². The fraction of sp³-hybridized carbons (Fsp3) is 1.00. The molecule has 2 fully saturated rings. The van der Waals surface area contributed by atoms with Crippen LogP contribution in [-0.2, 0) is 0 Å². The smallest absolute Gasteiger partial charge is 0.0349 e. The Morgan fingerprint density at radius 2 is 1.33 bits per heavy atom. The van der Waals surface area contributed by atoms with Gasteiger partial charge in [-0.2, -0.15) is 0 Å². The summed E-state index contributed by atoms with van der Waals surface area (Å²) in [5.74, 6) is 4.14. The highest BCUT2D eigenvalue weighted by Crippen LogP contribution is 2.56. The lowest BCUT2D eigenvalue weighted by atomic mass is 9.85. The van der Waals surface area contributed by atoms with Crippen molar-refractivity contribution in [3.8, 4) is 0 Å². The van der Waals surface area contributed by atoms with E-state index in [0.29, 0.717) is 5.41 Å². The molecule has 0 nitrogen and oxygen atoms in total. The summed E-state index contributed by atoms with van der Waals surface area (Å²) < 4.78 is 0. The fourth-order valence-electron chi connectivity index (χ4n) is 3.84. The maximum absolute atomic E-state index is 2.46. The minimum atomic E-state index is 0.651. The lowest BCUT2D eigenvalue weighted by molar-refractivity contribution is 0.308. The normalized spacial score (nSPS) is 51.0. The summed E-state index contributed by atoms with van der Waals surface area (Å²) in [6.07, 6.45) is 4.47. The molecule has 0 aromatic carbocycles. The van der Waals surface area contributed by atoms with Gasteiger partial charge in [0, 0.05) is 0 Å². The molecule has 0 radical (unpaired) electrons. The fourth-order valence-corrected chi connectivity index (χ4v) is 3.84. The zero-order chi connectivity index (χ0) is 8.93. The van der Waals surface area contributed by atoms with E-state index < -0.39 is 0 Å². The van der Waals surface area contributed by atoms with Gasteiger partial charge in [0.05, 0.1) is 0 Å². The van der Waals surface area contributed by atoms with Crippen molar-refractivity contribution < 1.29 is 0 Å². The molecule has 0 aromatic heterocycles. The minimum Gasteiger partial charge on any atom is -0.0622 e. The van der Waals surface area contributed by atoms with Crippen LogP contribution in [0.4, 0.5) is 0 Å². The van der Waals surface area contributed by atoms with Gasteiger partial charge in [0.25, 0.3) is 0 Å². The molecule has 4 atom stereocenters. The summed E-state index contributed by atoms with van der Waals surface area (Å²) in [5, 5.41) is 0. The predicted octanol–water partition coefficient (Wildman–Crippen LogP) is 3.71. The standard InChI is InChI=1S/C12H22/c1-8-5-9(2)11-7-12(3,4)6-10(8)11/h8-11H,5-7H2,1-4H3. The molecule has 0 aromatic rings. The van der Waals surface area contributed by atoms with Crippen LogP contribution in [0.15, 0.2) is 0 Å². The Hall–Kier alpha value is 0. The van der Waals surface area contributed by atoms with E-state index in [1.54, 1.807) is 0 Å². The Bertz CT molecular complexity index is 162. The minimum absolute atomic E-state index is 0.651. The summed E-state index contributed by atoms with van der Waals surface area (Å²) in [6.45, 7) is 9.82. The third-order valence-electron chi connectivity index (χ3n) is 4.33. The zero-order valence-corrected chi connectivity index (χ0v) is 8.93. The van der Waals surface area contributed by atoms with Gasteiger partial charge in [0.15, 0.2) is 0 Å². The average Bonchev–Trinajstić information content (AvgIpc) is 2.34. The van der Waals surface area contributed by atoms with Gasteiger partial charge >= 0.3 is 0 Å². The van der Waals surface area contributed by atoms with Crippen LogP contribution in [0.1, 0.15) is 47.0 Å². The predicted molar refractivity (Wildman–Crippen MR) is 52.9 cm³/mol. The van der Waals surface area contributed by atoms with Crippen LogP contribution in [0.5, 0.6) is 0 Å². The van der Waals surface area contributed by atoms with Gasteiger partial charge in [-0.25, -0.2) is 0 Å². The van der Waals surface area contributed by atoms with Crippen LogP contribution in [0.3, 0.4) is 0 Å². The Balaban J connectivity index is 2.15. The highest BCUT2D eigenvalue weighted by Gasteiger charge is 2.47. The number of fused-ring (bicyclic) bond motifs is 1. The summed E-state index contributed by atoms with van der Waals surface area (Å²) >= 11 is 0. The highest BCUT2D eigenvalue weighted by atomic mass is 14.5. The molecule has 2 aliphatic rings. The molecule has 4 unspecified atom stereocenters. The SMILES string of the molecule is CC1CC(C)C2CC(C)(C)CC12. The third-order valence-corrected chi connectivity index (χ3v) is 4.33. The van der Waals surface area contributed by atoms with Gasteiger partial charge in [-0.1, -0.05) is 27.7 Å². The molecule has 2 aliphatic carbocycles. The van der Waals surface area contributed by atoms with Crippen LogP contribution in [0, 0.1) is 29.1 Å². The van der Waals surface area contributed by atoms with Crippen molar-refractivity contribution in [3.63, 3.8) is 0 Å². The molecule has 0 amide bonds. The molecule has 2 saturated carbocycles. The summed E-state index contributed by atoms with van der Waals surface area (Å²) in [4.78, 5) is 0. The van der Waals surface area contributed by atoms with E-state index >= 15 is 0 Å². The first-order valence-corrected chi connectivity index (χ1v) is 5.49. The van der Waals surface area contributed by atoms with E-state index in [1.807, 2.05) is 0 Å². The molecule has 0 heterocycles. The maximum atomic E-state index is 2.46. The van der Waals surface area contributed by atoms with E-state index in [0.717, 1.165) is 23.7 Å². The van der Waals surface area contributed by atoms with Crippen LogP contribution < -0.4 is 0 Å². The lowest BCUT2D eigenvalue weighted by Crippen LogP contribution is -2.09. The van der Waals surface area contributed by atoms with Gasteiger partial charge in [0.1, 0.15) is 0 Å². The Morgan fingerprint density at radius 1 is 0.917 bits per heavy atom. The quantitative estimate of drug-likeness (QED) is 0.514. The van der Waals surface area contributed by atoms with Crippen LogP contribution in [0.25, 0.3) is 0 Å². The van der Waals surface area contributed by atoms with Crippen molar-refractivity contribution >= 4 is 0 Å². The van der Waals surface area contributed by atoms with Crippen LogP contribution in [-0.4, -0.2) is 0 Å². The first-order chi connectivity index (χ1) is 5.49. The molecular weight excluding hydrogens is 144 g/mol.